The zero-order chi connectivity index (χ0) is 21.6. The number of benzene rings is 2. The summed E-state index contributed by atoms with van der Waals surface area (Å²) in [6, 6.07) is 16.8. The van der Waals surface area contributed by atoms with Gasteiger partial charge in [0.05, 0.1) is 17.8 Å². The Kier molecular flexibility index (Phi) is 7.63. The first-order valence-electron chi connectivity index (χ1n) is 8.71. The van der Waals surface area contributed by atoms with Crippen LogP contribution in [0, 0.1) is 0 Å². The molecule has 0 aliphatic rings. The molecule has 0 aliphatic carbocycles. The van der Waals surface area contributed by atoms with Gasteiger partial charge in [0.15, 0.2) is 0 Å². The molecule has 0 unspecified atom stereocenters. The molecule has 3 rings (SSSR count). The van der Waals surface area contributed by atoms with Crippen molar-refractivity contribution in [3.05, 3.63) is 86.5 Å². The second kappa shape index (κ2) is 10.2. The normalized spacial score (nSPS) is 11.8. The molecule has 1 N–H and O–H groups in total. The highest BCUT2D eigenvalue weighted by Crippen LogP contribution is 2.28. The van der Waals surface area contributed by atoms with Gasteiger partial charge >= 0.3 is 0 Å². The van der Waals surface area contributed by atoms with Crippen LogP contribution in [0.15, 0.2) is 76.0 Å². The number of hydrogen-bond acceptors (Lipinski definition) is 5. The largest absolute Gasteiger partial charge is 0.272 e. The molecular weight excluding hydrogens is 465 g/mol. The van der Waals surface area contributed by atoms with Crippen LogP contribution in [0.3, 0.4) is 0 Å². The van der Waals surface area contributed by atoms with Crippen LogP contribution < -0.4 is 5.43 Å². The number of nitrogens with one attached hydrogen (secondary N) is 1. The van der Waals surface area contributed by atoms with Crippen LogP contribution in [0.1, 0.15) is 10.4 Å². The number of amides is 1. The Labute approximate surface area is 188 Å². The number of carbonyl (C=O) groups is 1. The number of hydrazone groups is 1. The third-order valence-electron chi connectivity index (χ3n) is 3.96. The van der Waals surface area contributed by atoms with Crippen molar-refractivity contribution in [1.82, 2.24) is 9.73 Å². The molecule has 6 nitrogen and oxygen atoms in total. The molecule has 3 aromatic rings. The maximum atomic E-state index is 13.3. The fourth-order valence-corrected chi connectivity index (χ4v) is 5.26. The third kappa shape index (κ3) is 5.90. The van der Waals surface area contributed by atoms with E-state index in [0.717, 1.165) is 9.18 Å². The molecular formula is C20H17Cl2N3O3S2. The first-order chi connectivity index (χ1) is 14.4. The monoisotopic (exact) mass is 481 g/mol. The Morgan fingerprint density at radius 2 is 1.87 bits per heavy atom. The van der Waals surface area contributed by atoms with Gasteiger partial charge in [-0.3, -0.25) is 4.79 Å². The Bertz CT molecular complexity index is 1140. The summed E-state index contributed by atoms with van der Waals surface area (Å²) < 4.78 is 27.6. The van der Waals surface area contributed by atoms with Crippen LogP contribution in [-0.2, 0) is 21.4 Å². The fourth-order valence-electron chi connectivity index (χ4n) is 2.56. The Morgan fingerprint density at radius 1 is 1.10 bits per heavy atom. The summed E-state index contributed by atoms with van der Waals surface area (Å²) in [5, 5.41) is 6.01. The van der Waals surface area contributed by atoms with Crippen LogP contribution in [0.5, 0.6) is 0 Å². The summed E-state index contributed by atoms with van der Waals surface area (Å²) in [6.07, 6.45) is 1.49. The summed E-state index contributed by atoms with van der Waals surface area (Å²) in [5.41, 5.74) is 3.08. The van der Waals surface area contributed by atoms with E-state index in [1.165, 1.54) is 35.8 Å². The van der Waals surface area contributed by atoms with Gasteiger partial charge in [-0.25, -0.2) is 13.8 Å². The summed E-state index contributed by atoms with van der Waals surface area (Å²) in [4.78, 5) is 13.1. The predicted octanol–water partition coefficient (Wildman–Crippen LogP) is 4.40. The zero-order valence-electron chi connectivity index (χ0n) is 15.5. The van der Waals surface area contributed by atoms with Crippen LogP contribution in [0.25, 0.3) is 0 Å². The van der Waals surface area contributed by atoms with Gasteiger partial charge in [0, 0.05) is 16.4 Å². The molecule has 1 amide bonds. The number of hydrogen-bond donors (Lipinski definition) is 1. The van der Waals surface area contributed by atoms with Crippen molar-refractivity contribution in [3.63, 3.8) is 0 Å². The molecule has 0 radical (unpaired) electrons. The van der Waals surface area contributed by atoms with Gasteiger partial charge in [-0.2, -0.15) is 9.41 Å². The van der Waals surface area contributed by atoms with Crippen molar-refractivity contribution < 1.29 is 13.2 Å². The Morgan fingerprint density at radius 3 is 2.57 bits per heavy atom. The minimum absolute atomic E-state index is 0.0198. The van der Waals surface area contributed by atoms with Crippen LogP contribution >= 0.6 is 34.5 Å². The van der Waals surface area contributed by atoms with Crippen molar-refractivity contribution in [3.8, 4) is 0 Å². The van der Waals surface area contributed by atoms with E-state index in [2.05, 4.69) is 10.5 Å². The molecule has 30 heavy (non-hydrogen) atoms. The number of rotatable bonds is 8. The summed E-state index contributed by atoms with van der Waals surface area (Å²) in [6.45, 7) is -0.462. The molecule has 0 fully saturated rings. The SMILES string of the molecule is O=C(CN(Cc1ccccc1)S(=O)(=O)c1cc(Cl)ccc1Cl)N/N=C\c1cccs1. The van der Waals surface area contributed by atoms with Gasteiger partial charge in [-0.1, -0.05) is 59.6 Å². The first kappa shape index (κ1) is 22.5. The number of carbonyl (C=O) groups excluding carboxylic acids is 1. The van der Waals surface area contributed by atoms with E-state index < -0.39 is 22.5 Å². The number of halogens is 2. The summed E-state index contributed by atoms with van der Waals surface area (Å²) >= 11 is 13.6. The molecule has 10 heteroatoms. The highest BCUT2D eigenvalue weighted by molar-refractivity contribution is 7.89. The lowest BCUT2D eigenvalue weighted by molar-refractivity contribution is -0.121. The highest BCUT2D eigenvalue weighted by Gasteiger charge is 2.29. The van der Waals surface area contributed by atoms with Gasteiger partial charge in [-0.05, 0) is 35.2 Å². The standard InChI is InChI=1S/C20H17Cl2N3O3S2/c21-16-8-9-18(22)19(11-16)30(27,28)25(13-15-5-2-1-3-6-15)14-20(26)24-23-12-17-7-4-10-29-17/h1-12H,13-14H2,(H,24,26)/b23-12-. The fraction of sp³-hybridized carbons (Fsp3) is 0.100. The van der Waals surface area contributed by atoms with E-state index >= 15 is 0 Å². The van der Waals surface area contributed by atoms with Gasteiger partial charge in [0.2, 0.25) is 10.0 Å². The molecule has 0 aliphatic heterocycles. The third-order valence-corrected chi connectivity index (χ3v) is 7.27. The lowest BCUT2D eigenvalue weighted by Crippen LogP contribution is -2.39. The molecule has 0 saturated carbocycles. The quantitative estimate of drug-likeness (QED) is 0.382. The van der Waals surface area contributed by atoms with Crippen LogP contribution in [0.2, 0.25) is 10.0 Å². The minimum atomic E-state index is -4.11. The molecule has 1 heterocycles. The number of thiophene rings is 1. The minimum Gasteiger partial charge on any atom is -0.272 e. The van der Waals surface area contributed by atoms with Gasteiger partial charge in [0.1, 0.15) is 4.90 Å². The first-order valence-corrected chi connectivity index (χ1v) is 11.8. The summed E-state index contributed by atoms with van der Waals surface area (Å²) in [7, 11) is -4.11. The van der Waals surface area contributed by atoms with Crippen molar-refractivity contribution in [2.75, 3.05) is 6.54 Å². The van der Waals surface area contributed by atoms with Crippen LogP contribution in [0.4, 0.5) is 0 Å². The molecule has 0 saturated heterocycles. The van der Waals surface area contributed by atoms with Crippen LogP contribution in [-0.4, -0.2) is 31.4 Å². The summed E-state index contributed by atoms with van der Waals surface area (Å²) in [5.74, 6) is -0.583. The van der Waals surface area contributed by atoms with Crippen molar-refractivity contribution >= 4 is 56.7 Å². The van der Waals surface area contributed by atoms with E-state index in [0.29, 0.717) is 5.56 Å². The van der Waals surface area contributed by atoms with Crippen molar-refractivity contribution in [2.24, 2.45) is 5.10 Å². The van der Waals surface area contributed by atoms with E-state index in [1.807, 2.05) is 23.6 Å². The molecule has 0 atom stereocenters. The molecule has 156 valence electrons. The number of sulfonamides is 1. The van der Waals surface area contributed by atoms with Gasteiger partial charge < -0.3 is 0 Å². The second-order valence-electron chi connectivity index (χ2n) is 6.14. The topological polar surface area (TPSA) is 78.8 Å². The molecule has 2 aromatic carbocycles. The van der Waals surface area contributed by atoms with Gasteiger partial charge in [-0.15, -0.1) is 11.3 Å². The molecule has 0 spiro atoms. The lowest BCUT2D eigenvalue weighted by Gasteiger charge is -2.22. The van der Waals surface area contributed by atoms with Crippen molar-refractivity contribution in [1.29, 1.82) is 0 Å². The van der Waals surface area contributed by atoms with E-state index in [4.69, 9.17) is 23.2 Å². The zero-order valence-corrected chi connectivity index (χ0v) is 18.7. The maximum absolute atomic E-state index is 13.3. The van der Waals surface area contributed by atoms with Crippen molar-refractivity contribution in [2.45, 2.75) is 11.4 Å². The van der Waals surface area contributed by atoms with E-state index in [1.54, 1.807) is 24.3 Å². The average Bonchev–Trinajstić information content (AvgIpc) is 3.23. The predicted molar refractivity (Wildman–Crippen MR) is 121 cm³/mol. The highest BCUT2D eigenvalue weighted by atomic mass is 35.5. The molecule has 0 bridgehead atoms. The Hall–Kier alpha value is -2.23. The number of nitrogens with zero attached hydrogens (tertiary/aromatic N) is 2. The average molecular weight is 482 g/mol. The Balaban J connectivity index is 1.84. The second-order valence-corrected chi connectivity index (χ2v) is 9.87. The maximum Gasteiger partial charge on any atom is 0.255 e. The van der Waals surface area contributed by atoms with Gasteiger partial charge in [0.25, 0.3) is 5.91 Å². The lowest BCUT2D eigenvalue weighted by atomic mass is 10.2. The molecule has 1 aromatic heterocycles. The van der Waals surface area contributed by atoms with E-state index in [-0.39, 0.29) is 21.5 Å². The smallest absolute Gasteiger partial charge is 0.255 e. The van der Waals surface area contributed by atoms with E-state index in [9.17, 15) is 13.2 Å².